The van der Waals surface area contributed by atoms with Crippen LogP contribution in [-0.2, 0) is 0 Å². The van der Waals surface area contributed by atoms with Crippen molar-refractivity contribution < 1.29 is 4.79 Å². The zero-order valence-electron chi connectivity index (χ0n) is 9.87. The summed E-state index contributed by atoms with van der Waals surface area (Å²) in [6.45, 7) is 2.01. The van der Waals surface area contributed by atoms with Crippen LogP contribution in [0.2, 0.25) is 5.02 Å². The highest BCUT2D eigenvalue weighted by Crippen LogP contribution is 2.19. The molecule has 1 atom stereocenters. The fourth-order valence-corrected chi connectivity index (χ4v) is 2.15. The van der Waals surface area contributed by atoms with E-state index >= 15 is 0 Å². The van der Waals surface area contributed by atoms with Gasteiger partial charge in [0.25, 0.3) is 5.91 Å². The van der Waals surface area contributed by atoms with Gasteiger partial charge in [-0.1, -0.05) is 37.2 Å². The standard InChI is InChI=1S/C12H14ClIN2OS/c1-2-3-10(11(15)18)16-12(17)7-4-5-9(14)8(13)6-7/h4-6,10H,2-3H2,1H3,(H2,15,18)(H,16,17). The molecule has 1 amide bonds. The SMILES string of the molecule is CCCC(NC(=O)c1ccc(I)c(Cl)c1)C(N)=S. The summed E-state index contributed by atoms with van der Waals surface area (Å²) in [7, 11) is 0. The van der Waals surface area contributed by atoms with Crippen LogP contribution in [0.25, 0.3) is 0 Å². The molecule has 0 aliphatic heterocycles. The van der Waals surface area contributed by atoms with E-state index in [1.54, 1.807) is 18.2 Å². The van der Waals surface area contributed by atoms with E-state index in [2.05, 4.69) is 27.9 Å². The number of carbonyl (C=O) groups is 1. The summed E-state index contributed by atoms with van der Waals surface area (Å²) in [5.74, 6) is -0.209. The van der Waals surface area contributed by atoms with Gasteiger partial charge < -0.3 is 11.1 Å². The van der Waals surface area contributed by atoms with Crippen molar-refractivity contribution in [3.63, 3.8) is 0 Å². The molecule has 18 heavy (non-hydrogen) atoms. The van der Waals surface area contributed by atoms with Crippen LogP contribution in [0.15, 0.2) is 18.2 Å². The van der Waals surface area contributed by atoms with Gasteiger partial charge in [-0.15, -0.1) is 0 Å². The molecule has 0 aliphatic carbocycles. The molecule has 1 rings (SSSR count). The lowest BCUT2D eigenvalue weighted by molar-refractivity contribution is 0.0945. The van der Waals surface area contributed by atoms with E-state index in [0.29, 0.717) is 15.6 Å². The number of halogens is 2. The summed E-state index contributed by atoms with van der Waals surface area (Å²) in [6, 6.07) is 4.90. The number of rotatable bonds is 5. The van der Waals surface area contributed by atoms with Gasteiger partial charge in [-0.3, -0.25) is 4.79 Å². The van der Waals surface area contributed by atoms with Crippen LogP contribution < -0.4 is 11.1 Å². The smallest absolute Gasteiger partial charge is 0.251 e. The quantitative estimate of drug-likeness (QED) is 0.594. The number of thiocarbonyl (C=S) groups is 1. The minimum atomic E-state index is -0.268. The predicted molar refractivity (Wildman–Crippen MR) is 87.1 cm³/mol. The van der Waals surface area contributed by atoms with Gasteiger partial charge in [-0.25, -0.2) is 0 Å². The minimum Gasteiger partial charge on any atom is -0.392 e. The van der Waals surface area contributed by atoms with Crippen molar-refractivity contribution in [3.05, 3.63) is 32.4 Å². The van der Waals surface area contributed by atoms with Crippen LogP contribution in [0.3, 0.4) is 0 Å². The van der Waals surface area contributed by atoms with Gasteiger partial charge in [0.1, 0.15) is 0 Å². The molecule has 0 saturated heterocycles. The Morgan fingerprint density at radius 3 is 2.78 bits per heavy atom. The van der Waals surface area contributed by atoms with Gasteiger partial charge in [-0.05, 0) is 47.2 Å². The average Bonchev–Trinajstić information content (AvgIpc) is 2.31. The number of benzene rings is 1. The Morgan fingerprint density at radius 2 is 2.28 bits per heavy atom. The molecule has 98 valence electrons. The van der Waals surface area contributed by atoms with Gasteiger partial charge in [0.2, 0.25) is 0 Å². The Hall–Kier alpha value is -0.400. The molecule has 0 fully saturated rings. The Balaban J connectivity index is 2.80. The van der Waals surface area contributed by atoms with Crippen molar-refractivity contribution in [2.75, 3.05) is 0 Å². The molecule has 0 radical (unpaired) electrons. The number of hydrogen-bond donors (Lipinski definition) is 2. The molecule has 0 bridgehead atoms. The lowest BCUT2D eigenvalue weighted by atomic mass is 10.1. The van der Waals surface area contributed by atoms with Crippen molar-refractivity contribution >= 4 is 57.3 Å². The predicted octanol–water partition coefficient (Wildman–Crippen LogP) is 3.13. The van der Waals surface area contributed by atoms with Gasteiger partial charge in [0.05, 0.1) is 16.1 Å². The van der Waals surface area contributed by atoms with E-state index in [4.69, 9.17) is 29.6 Å². The first-order valence-electron chi connectivity index (χ1n) is 5.51. The number of amides is 1. The molecular weight excluding hydrogens is 383 g/mol. The monoisotopic (exact) mass is 396 g/mol. The molecule has 0 spiro atoms. The maximum atomic E-state index is 12.0. The summed E-state index contributed by atoms with van der Waals surface area (Å²) in [6.07, 6.45) is 1.63. The van der Waals surface area contributed by atoms with Crippen molar-refractivity contribution in [1.29, 1.82) is 0 Å². The van der Waals surface area contributed by atoms with E-state index in [1.807, 2.05) is 6.92 Å². The highest BCUT2D eigenvalue weighted by atomic mass is 127. The zero-order chi connectivity index (χ0) is 13.7. The largest absolute Gasteiger partial charge is 0.392 e. The summed E-state index contributed by atoms with van der Waals surface area (Å²) >= 11 is 13.0. The Morgan fingerprint density at radius 1 is 1.61 bits per heavy atom. The van der Waals surface area contributed by atoms with Crippen molar-refractivity contribution in [2.45, 2.75) is 25.8 Å². The van der Waals surface area contributed by atoms with Gasteiger partial charge in [0, 0.05) is 9.13 Å². The van der Waals surface area contributed by atoms with Crippen molar-refractivity contribution in [1.82, 2.24) is 5.32 Å². The van der Waals surface area contributed by atoms with Gasteiger partial charge in [0.15, 0.2) is 0 Å². The van der Waals surface area contributed by atoms with Crippen LogP contribution in [0, 0.1) is 3.57 Å². The molecule has 6 heteroatoms. The maximum Gasteiger partial charge on any atom is 0.251 e. The topological polar surface area (TPSA) is 55.1 Å². The number of nitrogens with one attached hydrogen (secondary N) is 1. The number of hydrogen-bond acceptors (Lipinski definition) is 2. The van der Waals surface area contributed by atoms with Crippen LogP contribution in [0.1, 0.15) is 30.1 Å². The molecule has 0 aromatic heterocycles. The Kier molecular flexibility index (Phi) is 6.31. The first-order chi connectivity index (χ1) is 8.45. The molecule has 3 nitrogen and oxygen atoms in total. The third kappa shape index (κ3) is 4.37. The summed E-state index contributed by atoms with van der Waals surface area (Å²) < 4.78 is 0.908. The lowest BCUT2D eigenvalue weighted by Gasteiger charge is -2.16. The van der Waals surface area contributed by atoms with E-state index in [-0.39, 0.29) is 11.9 Å². The zero-order valence-corrected chi connectivity index (χ0v) is 13.6. The first kappa shape index (κ1) is 15.7. The van der Waals surface area contributed by atoms with E-state index in [9.17, 15) is 4.79 Å². The molecule has 0 aliphatic rings. The molecule has 1 aromatic rings. The number of carbonyl (C=O) groups excluding carboxylic acids is 1. The average molecular weight is 397 g/mol. The highest BCUT2D eigenvalue weighted by molar-refractivity contribution is 14.1. The van der Waals surface area contributed by atoms with Crippen LogP contribution in [0.4, 0.5) is 0 Å². The summed E-state index contributed by atoms with van der Waals surface area (Å²) in [4.78, 5) is 12.3. The normalized spacial score (nSPS) is 11.9. The van der Waals surface area contributed by atoms with Crippen LogP contribution in [-0.4, -0.2) is 16.9 Å². The van der Waals surface area contributed by atoms with E-state index in [1.165, 1.54) is 0 Å². The fourth-order valence-electron chi connectivity index (χ4n) is 1.45. The molecular formula is C12H14ClIN2OS. The third-order valence-corrected chi connectivity index (χ3v) is 4.26. The van der Waals surface area contributed by atoms with Crippen molar-refractivity contribution in [2.24, 2.45) is 5.73 Å². The van der Waals surface area contributed by atoms with Crippen LogP contribution in [0.5, 0.6) is 0 Å². The Labute approximate surface area is 131 Å². The second-order valence-corrected chi connectivity index (χ2v) is 5.89. The summed E-state index contributed by atoms with van der Waals surface area (Å²) in [5.41, 5.74) is 6.10. The van der Waals surface area contributed by atoms with Gasteiger partial charge >= 0.3 is 0 Å². The molecule has 3 N–H and O–H groups in total. The third-order valence-electron chi connectivity index (χ3n) is 2.41. The fraction of sp³-hybridized carbons (Fsp3) is 0.333. The second kappa shape index (κ2) is 7.25. The van der Waals surface area contributed by atoms with E-state index in [0.717, 1.165) is 16.4 Å². The number of nitrogens with two attached hydrogens (primary N) is 1. The molecule has 1 aromatic carbocycles. The van der Waals surface area contributed by atoms with Crippen LogP contribution >= 0.6 is 46.4 Å². The Bertz CT molecular complexity index is 467. The lowest BCUT2D eigenvalue weighted by Crippen LogP contribution is -2.43. The first-order valence-corrected chi connectivity index (χ1v) is 7.37. The second-order valence-electron chi connectivity index (χ2n) is 3.85. The molecule has 0 saturated carbocycles. The minimum absolute atomic E-state index is 0.209. The van der Waals surface area contributed by atoms with E-state index < -0.39 is 0 Å². The molecule has 1 unspecified atom stereocenters. The van der Waals surface area contributed by atoms with Crippen molar-refractivity contribution in [3.8, 4) is 0 Å². The maximum absolute atomic E-state index is 12.0. The molecule has 0 heterocycles. The summed E-state index contributed by atoms with van der Waals surface area (Å²) in [5, 5.41) is 3.37. The van der Waals surface area contributed by atoms with Gasteiger partial charge in [-0.2, -0.15) is 0 Å². The highest BCUT2D eigenvalue weighted by Gasteiger charge is 2.15.